The van der Waals surface area contributed by atoms with Gasteiger partial charge in [0.25, 0.3) is 0 Å². The van der Waals surface area contributed by atoms with Crippen molar-refractivity contribution < 1.29 is 0 Å². The van der Waals surface area contributed by atoms with Crippen LogP contribution in [0.5, 0.6) is 0 Å². The second kappa shape index (κ2) is 5.77. The third kappa shape index (κ3) is 2.90. The Balaban J connectivity index is 1.94. The molecule has 0 saturated heterocycles. The first-order valence-corrected chi connectivity index (χ1v) is 6.43. The Bertz CT molecular complexity index is 397. The van der Waals surface area contributed by atoms with Gasteiger partial charge in [-0.05, 0) is 54.4 Å². The summed E-state index contributed by atoms with van der Waals surface area (Å²) in [6, 6.07) is 8.71. The number of nitrogens with zero attached hydrogens (tertiary/aromatic N) is 1. The van der Waals surface area contributed by atoms with E-state index >= 15 is 0 Å². The molecule has 16 heavy (non-hydrogen) atoms. The number of nitrogens with one attached hydrogen (secondary N) is 1. The summed E-state index contributed by atoms with van der Waals surface area (Å²) in [4.78, 5) is 4.34. The van der Waals surface area contributed by atoms with Crippen LogP contribution in [-0.2, 0) is 6.42 Å². The van der Waals surface area contributed by atoms with Crippen molar-refractivity contribution in [3.8, 4) is 0 Å². The minimum atomic E-state index is 0.438. The van der Waals surface area contributed by atoms with Crippen molar-refractivity contribution in [1.29, 1.82) is 0 Å². The minimum absolute atomic E-state index is 0.438. The van der Waals surface area contributed by atoms with Crippen LogP contribution >= 0.6 is 11.3 Å². The van der Waals surface area contributed by atoms with E-state index < -0.39 is 0 Å². The standard InChI is InChI=1S/C13H16N2S/c1-14-13(11-7-9-16-10-11)6-5-12-4-2-3-8-15-12/h2-4,7-10,13-14H,5-6H2,1H3. The lowest BCUT2D eigenvalue weighted by molar-refractivity contribution is 0.547. The van der Waals surface area contributed by atoms with Gasteiger partial charge in [-0.25, -0.2) is 0 Å². The largest absolute Gasteiger partial charge is 0.313 e. The van der Waals surface area contributed by atoms with Gasteiger partial charge in [-0.2, -0.15) is 11.3 Å². The van der Waals surface area contributed by atoms with Gasteiger partial charge in [0, 0.05) is 17.9 Å². The topological polar surface area (TPSA) is 24.9 Å². The van der Waals surface area contributed by atoms with Crippen LogP contribution in [0.2, 0.25) is 0 Å². The van der Waals surface area contributed by atoms with E-state index in [-0.39, 0.29) is 0 Å². The molecule has 0 aliphatic carbocycles. The first-order valence-electron chi connectivity index (χ1n) is 5.49. The lowest BCUT2D eigenvalue weighted by Gasteiger charge is -2.14. The molecule has 2 nitrogen and oxygen atoms in total. The predicted octanol–water partition coefficient (Wildman–Crippen LogP) is 3.04. The molecule has 1 N–H and O–H groups in total. The van der Waals surface area contributed by atoms with Gasteiger partial charge in [-0.15, -0.1) is 0 Å². The molecule has 1 atom stereocenters. The van der Waals surface area contributed by atoms with Crippen molar-refractivity contribution >= 4 is 11.3 Å². The highest BCUT2D eigenvalue weighted by atomic mass is 32.1. The molecular weight excluding hydrogens is 216 g/mol. The summed E-state index contributed by atoms with van der Waals surface area (Å²) in [5, 5.41) is 7.69. The molecule has 2 aromatic heterocycles. The fourth-order valence-electron chi connectivity index (χ4n) is 1.79. The molecule has 1 unspecified atom stereocenters. The SMILES string of the molecule is CNC(CCc1ccccn1)c1ccsc1. The van der Waals surface area contributed by atoms with Gasteiger partial charge in [0.2, 0.25) is 0 Å². The number of hydrogen-bond acceptors (Lipinski definition) is 3. The van der Waals surface area contributed by atoms with Crippen LogP contribution in [0.3, 0.4) is 0 Å². The van der Waals surface area contributed by atoms with E-state index in [4.69, 9.17) is 0 Å². The van der Waals surface area contributed by atoms with Crippen LogP contribution in [0.4, 0.5) is 0 Å². The zero-order chi connectivity index (χ0) is 11.2. The van der Waals surface area contributed by atoms with Crippen molar-refractivity contribution in [3.63, 3.8) is 0 Å². The molecule has 0 amide bonds. The van der Waals surface area contributed by atoms with Crippen molar-refractivity contribution in [2.45, 2.75) is 18.9 Å². The lowest BCUT2D eigenvalue weighted by Crippen LogP contribution is -2.16. The third-order valence-electron chi connectivity index (χ3n) is 2.71. The van der Waals surface area contributed by atoms with E-state index in [9.17, 15) is 0 Å². The average molecular weight is 232 g/mol. The van der Waals surface area contributed by atoms with Crippen molar-refractivity contribution in [2.24, 2.45) is 0 Å². The number of pyridine rings is 1. The Hall–Kier alpha value is -1.19. The zero-order valence-electron chi connectivity index (χ0n) is 9.39. The maximum atomic E-state index is 4.34. The fraction of sp³-hybridized carbons (Fsp3) is 0.308. The molecule has 0 radical (unpaired) electrons. The summed E-state index contributed by atoms with van der Waals surface area (Å²) in [5.41, 5.74) is 2.54. The Morgan fingerprint density at radius 2 is 2.31 bits per heavy atom. The molecule has 0 aliphatic rings. The van der Waals surface area contributed by atoms with Crippen LogP contribution in [0.15, 0.2) is 41.2 Å². The minimum Gasteiger partial charge on any atom is -0.313 e. The van der Waals surface area contributed by atoms with E-state index in [2.05, 4.69) is 33.2 Å². The van der Waals surface area contributed by atoms with Gasteiger partial charge < -0.3 is 5.32 Å². The summed E-state index contributed by atoms with van der Waals surface area (Å²) in [6.45, 7) is 0. The second-order valence-corrected chi connectivity index (χ2v) is 4.54. The predicted molar refractivity (Wildman–Crippen MR) is 68.7 cm³/mol. The molecule has 0 saturated carbocycles. The highest BCUT2D eigenvalue weighted by Crippen LogP contribution is 2.20. The van der Waals surface area contributed by atoms with Crippen LogP contribution in [0.1, 0.15) is 23.7 Å². The molecule has 2 heterocycles. The molecule has 0 spiro atoms. The summed E-state index contributed by atoms with van der Waals surface area (Å²) in [5.74, 6) is 0. The third-order valence-corrected chi connectivity index (χ3v) is 3.41. The molecule has 84 valence electrons. The van der Waals surface area contributed by atoms with Crippen LogP contribution in [0, 0.1) is 0 Å². The smallest absolute Gasteiger partial charge is 0.0404 e. The molecule has 2 rings (SSSR count). The molecule has 0 aromatic carbocycles. The van der Waals surface area contributed by atoms with Crippen molar-refractivity contribution in [2.75, 3.05) is 7.05 Å². The molecule has 0 fully saturated rings. The van der Waals surface area contributed by atoms with E-state index in [1.807, 2.05) is 25.4 Å². The van der Waals surface area contributed by atoms with Crippen LogP contribution in [0.25, 0.3) is 0 Å². The lowest BCUT2D eigenvalue weighted by atomic mass is 10.0. The van der Waals surface area contributed by atoms with Gasteiger partial charge in [-0.3, -0.25) is 4.98 Å². The van der Waals surface area contributed by atoms with Crippen LogP contribution < -0.4 is 5.32 Å². The van der Waals surface area contributed by atoms with E-state index in [1.54, 1.807) is 11.3 Å². The number of aryl methyl sites for hydroxylation is 1. The van der Waals surface area contributed by atoms with Gasteiger partial charge in [0.05, 0.1) is 0 Å². The number of rotatable bonds is 5. The molecular formula is C13H16N2S. The maximum absolute atomic E-state index is 4.34. The molecule has 2 aromatic rings. The normalized spacial score (nSPS) is 12.6. The van der Waals surface area contributed by atoms with Crippen molar-refractivity contribution in [3.05, 3.63) is 52.5 Å². The maximum Gasteiger partial charge on any atom is 0.0404 e. The molecule has 3 heteroatoms. The fourth-order valence-corrected chi connectivity index (χ4v) is 2.50. The van der Waals surface area contributed by atoms with E-state index in [1.165, 1.54) is 5.56 Å². The summed E-state index contributed by atoms with van der Waals surface area (Å²) in [7, 11) is 2.01. The average Bonchev–Trinajstić information content (AvgIpc) is 2.85. The summed E-state index contributed by atoms with van der Waals surface area (Å²) < 4.78 is 0. The monoisotopic (exact) mass is 232 g/mol. The number of thiophene rings is 1. The quantitative estimate of drug-likeness (QED) is 0.857. The highest BCUT2D eigenvalue weighted by Gasteiger charge is 2.09. The van der Waals surface area contributed by atoms with Gasteiger partial charge in [0.1, 0.15) is 0 Å². The van der Waals surface area contributed by atoms with Gasteiger partial charge in [0.15, 0.2) is 0 Å². The zero-order valence-corrected chi connectivity index (χ0v) is 10.2. The summed E-state index contributed by atoms with van der Waals surface area (Å²) in [6.07, 6.45) is 3.96. The Labute approximate surface area is 100 Å². The van der Waals surface area contributed by atoms with Gasteiger partial charge in [-0.1, -0.05) is 6.07 Å². The number of aromatic nitrogens is 1. The highest BCUT2D eigenvalue weighted by molar-refractivity contribution is 7.07. The van der Waals surface area contributed by atoms with E-state index in [0.29, 0.717) is 6.04 Å². The molecule has 0 bridgehead atoms. The van der Waals surface area contributed by atoms with Crippen molar-refractivity contribution in [1.82, 2.24) is 10.3 Å². The number of hydrogen-bond donors (Lipinski definition) is 1. The van der Waals surface area contributed by atoms with Crippen LogP contribution in [-0.4, -0.2) is 12.0 Å². The first-order chi connectivity index (χ1) is 7.90. The first kappa shape index (κ1) is 11.3. The molecule has 0 aliphatic heterocycles. The van der Waals surface area contributed by atoms with Gasteiger partial charge >= 0.3 is 0 Å². The Morgan fingerprint density at radius 3 is 2.94 bits per heavy atom. The Morgan fingerprint density at radius 1 is 1.38 bits per heavy atom. The Kier molecular flexibility index (Phi) is 4.08. The summed E-state index contributed by atoms with van der Waals surface area (Å²) >= 11 is 1.75. The second-order valence-electron chi connectivity index (χ2n) is 3.76. The van der Waals surface area contributed by atoms with E-state index in [0.717, 1.165) is 18.5 Å².